The van der Waals surface area contributed by atoms with Crippen LogP contribution in [0.15, 0.2) is 94.8 Å². The molecule has 0 fully saturated rings. The summed E-state index contributed by atoms with van der Waals surface area (Å²) < 4.78 is 27.5. The zero-order chi connectivity index (χ0) is 20.3. The summed E-state index contributed by atoms with van der Waals surface area (Å²) in [5.41, 5.74) is 2.77. The highest BCUT2D eigenvalue weighted by Gasteiger charge is 2.19. The van der Waals surface area contributed by atoms with E-state index in [-0.39, 0.29) is 10.8 Å². The normalized spacial score (nSPS) is 12.2. The van der Waals surface area contributed by atoms with Gasteiger partial charge in [0, 0.05) is 5.56 Å². The summed E-state index contributed by atoms with van der Waals surface area (Å²) in [7, 11) is -3.52. The van der Waals surface area contributed by atoms with Gasteiger partial charge < -0.3 is 0 Å². The SMILES string of the molecule is Cc1ccc(N=c2nc(-c3ccccc3)n(CS(=O)(=O)c3ccccc3)s2)cc1. The third kappa shape index (κ3) is 4.52. The van der Waals surface area contributed by atoms with Crippen LogP contribution in [-0.4, -0.2) is 17.4 Å². The molecule has 0 aliphatic rings. The second-order valence-corrected chi connectivity index (χ2v) is 9.51. The van der Waals surface area contributed by atoms with Gasteiger partial charge in [0.2, 0.25) is 4.80 Å². The van der Waals surface area contributed by atoms with Crippen LogP contribution < -0.4 is 4.80 Å². The molecule has 0 saturated heterocycles. The fraction of sp³-hybridized carbons (Fsp3) is 0.0909. The van der Waals surface area contributed by atoms with E-state index in [2.05, 4.69) is 9.98 Å². The average Bonchev–Trinajstić information content (AvgIpc) is 3.12. The molecule has 5 nitrogen and oxygen atoms in total. The molecule has 0 unspecified atom stereocenters. The van der Waals surface area contributed by atoms with Crippen molar-refractivity contribution >= 4 is 27.1 Å². The van der Waals surface area contributed by atoms with E-state index < -0.39 is 9.84 Å². The molecule has 0 N–H and O–H groups in total. The van der Waals surface area contributed by atoms with Gasteiger partial charge in [-0.25, -0.2) is 13.4 Å². The maximum atomic E-state index is 12.9. The van der Waals surface area contributed by atoms with Gasteiger partial charge in [0.25, 0.3) is 0 Å². The molecule has 0 radical (unpaired) electrons. The molecule has 0 amide bonds. The van der Waals surface area contributed by atoms with Crippen molar-refractivity contribution in [3.8, 4) is 11.4 Å². The fourth-order valence-corrected chi connectivity index (χ4v) is 5.31. The topological polar surface area (TPSA) is 64.3 Å². The molecular weight excluding hydrogens is 402 g/mol. The van der Waals surface area contributed by atoms with Crippen LogP contribution >= 0.6 is 11.5 Å². The predicted molar refractivity (Wildman–Crippen MR) is 116 cm³/mol. The van der Waals surface area contributed by atoms with Crippen LogP contribution in [0.4, 0.5) is 5.69 Å². The Hall–Kier alpha value is -3.03. The maximum Gasteiger partial charge on any atom is 0.228 e. The van der Waals surface area contributed by atoms with E-state index in [1.54, 1.807) is 34.3 Å². The molecule has 0 aliphatic carbocycles. The van der Waals surface area contributed by atoms with Crippen LogP contribution in [-0.2, 0) is 15.7 Å². The largest absolute Gasteiger partial charge is 0.262 e. The zero-order valence-electron chi connectivity index (χ0n) is 15.8. The highest BCUT2D eigenvalue weighted by molar-refractivity contribution is 7.90. The molecule has 146 valence electrons. The van der Waals surface area contributed by atoms with E-state index in [9.17, 15) is 8.42 Å². The Morgan fingerprint density at radius 1 is 0.897 bits per heavy atom. The quantitative estimate of drug-likeness (QED) is 0.474. The first-order chi connectivity index (χ1) is 14.0. The molecule has 4 rings (SSSR count). The van der Waals surface area contributed by atoms with E-state index in [1.807, 2.05) is 61.5 Å². The first-order valence-corrected chi connectivity index (χ1v) is 11.5. The standard InChI is InChI=1S/C22H19N3O2S2/c1-17-12-14-19(15-13-17)23-22-24-21(18-8-4-2-5-9-18)25(28-22)16-29(26,27)20-10-6-3-7-11-20/h2-15H,16H2,1H3. The Kier molecular flexibility index (Phi) is 5.42. The average molecular weight is 422 g/mol. The summed E-state index contributed by atoms with van der Waals surface area (Å²) in [6.45, 7) is 2.02. The number of aromatic nitrogens is 2. The van der Waals surface area contributed by atoms with E-state index in [1.165, 1.54) is 11.5 Å². The number of rotatable bonds is 5. The van der Waals surface area contributed by atoms with Crippen LogP contribution in [0.1, 0.15) is 5.56 Å². The highest BCUT2D eigenvalue weighted by Crippen LogP contribution is 2.21. The molecule has 0 bridgehead atoms. The third-order valence-corrected chi connectivity index (χ3v) is 6.93. The molecule has 0 saturated carbocycles. The van der Waals surface area contributed by atoms with Crippen LogP contribution in [0.2, 0.25) is 0 Å². The molecule has 0 spiro atoms. The Morgan fingerprint density at radius 2 is 1.52 bits per heavy atom. The first-order valence-electron chi connectivity index (χ1n) is 9.04. The van der Waals surface area contributed by atoms with E-state index >= 15 is 0 Å². The van der Waals surface area contributed by atoms with Crippen molar-refractivity contribution in [1.82, 2.24) is 8.94 Å². The lowest BCUT2D eigenvalue weighted by Crippen LogP contribution is -2.10. The lowest BCUT2D eigenvalue weighted by atomic mass is 10.2. The molecule has 0 aliphatic heterocycles. The van der Waals surface area contributed by atoms with Crippen LogP contribution in [0.25, 0.3) is 11.4 Å². The van der Waals surface area contributed by atoms with Gasteiger partial charge in [0.05, 0.1) is 10.6 Å². The van der Waals surface area contributed by atoms with Crippen molar-refractivity contribution in [3.05, 3.63) is 95.3 Å². The minimum atomic E-state index is -3.52. The fourth-order valence-electron chi connectivity index (χ4n) is 2.82. The van der Waals surface area contributed by atoms with Crippen molar-refractivity contribution in [2.75, 3.05) is 0 Å². The lowest BCUT2D eigenvalue weighted by Gasteiger charge is -2.07. The van der Waals surface area contributed by atoms with Crippen LogP contribution in [0.5, 0.6) is 0 Å². The number of hydrogen-bond donors (Lipinski definition) is 0. The summed E-state index contributed by atoms with van der Waals surface area (Å²) in [6, 6.07) is 25.8. The number of sulfone groups is 1. The van der Waals surface area contributed by atoms with Gasteiger partial charge in [0.15, 0.2) is 15.7 Å². The van der Waals surface area contributed by atoms with Crippen LogP contribution in [0.3, 0.4) is 0 Å². The molecule has 1 heterocycles. The van der Waals surface area contributed by atoms with Gasteiger partial charge in [0.1, 0.15) is 5.88 Å². The Bertz CT molecular complexity index is 1280. The minimum absolute atomic E-state index is 0.192. The van der Waals surface area contributed by atoms with Crippen molar-refractivity contribution in [2.24, 2.45) is 4.99 Å². The van der Waals surface area contributed by atoms with Crippen molar-refractivity contribution < 1.29 is 8.42 Å². The van der Waals surface area contributed by atoms with Crippen molar-refractivity contribution in [1.29, 1.82) is 0 Å². The number of aryl methyl sites for hydroxylation is 1. The van der Waals surface area contributed by atoms with Gasteiger partial charge in [-0.3, -0.25) is 3.96 Å². The van der Waals surface area contributed by atoms with Gasteiger partial charge in [-0.2, -0.15) is 4.98 Å². The zero-order valence-corrected chi connectivity index (χ0v) is 17.4. The van der Waals surface area contributed by atoms with E-state index in [4.69, 9.17) is 0 Å². The molecular formula is C22H19N3O2S2. The number of nitrogens with zero attached hydrogens (tertiary/aromatic N) is 3. The van der Waals surface area contributed by atoms with Crippen LogP contribution in [0, 0.1) is 6.92 Å². The van der Waals surface area contributed by atoms with E-state index in [0.717, 1.165) is 16.8 Å². The van der Waals surface area contributed by atoms with Crippen molar-refractivity contribution in [3.63, 3.8) is 0 Å². The second kappa shape index (κ2) is 8.14. The molecule has 1 aromatic heterocycles. The molecule has 3 aromatic carbocycles. The molecule has 0 atom stereocenters. The summed E-state index contributed by atoms with van der Waals surface area (Å²) >= 11 is 1.23. The summed E-state index contributed by atoms with van der Waals surface area (Å²) in [6.07, 6.45) is 0. The molecule has 29 heavy (non-hydrogen) atoms. The highest BCUT2D eigenvalue weighted by atomic mass is 32.2. The summed E-state index contributed by atoms with van der Waals surface area (Å²) in [5.74, 6) is 0.392. The predicted octanol–water partition coefficient (Wildman–Crippen LogP) is 4.58. The number of hydrogen-bond acceptors (Lipinski definition) is 5. The monoisotopic (exact) mass is 421 g/mol. The third-order valence-electron chi connectivity index (χ3n) is 4.31. The van der Waals surface area contributed by atoms with Gasteiger partial charge in [-0.1, -0.05) is 66.2 Å². The Labute approximate surface area is 173 Å². The summed E-state index contributed by atoms with van der Waals surface area (Å²) in [5, 5.41) is 0. The Balaban J connectivity index is 1.80. The molecule has 7 heteroatoms. The Morgan fingerprint density at radius 3 is 2.17 bits per heavy atom. The molecule has 4 aromatic rings. The lowest BCUT2D eigenvalue weighted by molar-refractivity contribution is 0.587. The smallest absolute Gasteiger partial charge is 0.228 e. The second-order valence-electron chi connectivity index (χ2n) is 6.56. The van der Waals surface area contributed by atoms with Gasteiger partial charge in [-0.05, 0) is 42.7 Å². The van der Waals surface area contributed by atoms with Crippen molar-refractivity contribution in [2.45, 2.75) is 17.7 Å². The summed E-state index contributed by atoms with van der Waals surface area (Å²) in [4.78, 5) is 10.0. The number of benzene rings is 3. The minimum Gasteiger partial charge on any atom is -0.262 e. The first kappa shape index (κ1) is 19.3. The van der Waals surface area contributed by atoms with Gasteiger partial charge in [-0.15, -0.1) is 0 Å². The maximum absolute atomic E-state index is 12.9. The van der Waals surface area contributed by atoms with E-state index in [0.29, 0.717) is 10.6 Å². The van der Waals surface area contributed by atoms with Gasteiger partial charge >= 0.3 is 0 Å².